The Bertz CT molecular complexity index is 1340. The van der Waals surface area contributed by atoms with Crippen LogP contribution in [0.15, 0.2) is 84.1 Å². The van der Waals surface area contributed by atoms with Crippen LogP contribution in [0.5, 0.6) is 0 Å². The predicted molar refractivity (Wildman–Crippen MR) is 119 cm³/mol. The Morgan fingerprint density at radius 1 is 0.897 bits per heavy atom. The van der Waals surface area contributed by atoms with Crippen LogP contribution in [0.1, 0.15) is 11.1 Å². The van der Waals surface area contributed by atoms with Crippen molar-refractivity contribution in [3.05, 3.63) is 90.1 Å². The van der Waals surface area contributed by atoms with Crippen molar-refractivity contribution in [1.29, 1.82) is 0 Å². The highest BCUT2D eigenvalue weighted by atomic mass is 15.3. The molecule has 5 rings (SSSR count). The molecule has 2 aromatic heterocycles. The van der Waals surface area contributed by atoms with E-state index in [4.69, 9.17) is 4.98 Å². The maximum Gasteiger partial charge on any atom is 0.244 e. The fourth-order valence-corrected chi connectivity index (χ4v) is 3.47. The maximum atomic E-state index is 4.74. The van der Waals surface area contributed by atoms with Crippen LogP contribution in [0.4, 0.5) is 5.95 Å². The molecule has 0 amide bonds. The van der Waals surface area contributed by atoms with Gasteiger partial charge in [0.15, 0.2) is 0 Å². The highest BCUT2D eigenvalue weighted by Crippen LogP contribution is 2.27. The van der Waals surface area contributed by atoms with Gasteiger partial charge in [-0.1, -0.05) is 60.7 Å². The van der Waals surface area contributed by atoms with Crippen molar-refractivity contribution in [2.45, 2.75) is 6.92 Å². The quantitative estimate of drug-likeness (QED) is 0.319. The first-order valence-corrected chi connectivity index (χ1v) is 9.47. The first kappa shape index (κ1) is 17.1. The van der Waals surface area contributed by atoms with Crippen LogP contribution >= 0.6 is 0 Å². The van der Waals surface area contributed by atoms with Crippen LogP contribution in [0.2, 0.25) is 0 Å². The van der Waals surface area contributed by atoms with Crippen molar-refractivity contribution in [2.75, 3.05) is 5.43 Å². The molecule has 29 heavy (non-hydrogen) atoms. The van der Waals surface area contributed by atoms with Crippen molar-refractivity contribution >= 4 is 34.0 Å². The lowest BCUT2D eigenvalue weighted by Crippen LogP contribution is -2.00. The van der Waals surface area contributed by atoms with Gasteiger partial charge in [-0.15, -0.1) is 0 Å². The minimum Gasteiger partial charge on any atom is -0.361 e. The molecular formula is C24H19N5. The van der Waals surface area contributed by atoms with Gasteiger partial charge in [0.25, 0.3) is 0 Å². The van der Waals surface area contributed by atoms with Gasteiger partial charge in [0.1, 0.15) is 0 Å². The standard InChI is InChI=1S/C24H19N5/c1-16-11-12-20-22(13-16)27-24(28-23(20)17-7-3-2-4-8-17)29-26-15-18-14-25-21-10-6-5-9-19(18)21/h2-15,25H,1H3,(H,27,28,29). The lowest BCUT2D eigenvalue weighted by Gasteiger charge is -2.09. The van der Waals surface area contributed by atoms with Gasteiger partial charge < -0.3 is 4.98 Å². The second-order valence-corrected chi connectivity index (χ2v) is 6.94. The highest BCUT2D eigenvalue weighted by Gasteiger charge is 2.10. The predicted octanol–water partition coefficient (Wildman–Crippen LogP) is 5.53. The molecule has 3 aromatic carbocycles. The van der Waals surface area contributed by atoms with Crippen LogP contribution in [0.3, 0.4) is 0 Å². The molecule has 0 aliphatic heterocycles. The number of anilines is 1. The van der Waals surface area contributed by atoms with E-state index in [1.54, 1.807) is 6.21 Å². The van der Waals surface area contributed by atoms with E-state index in [0.29, 0.717) is 5.95 Å². The van der Waals surface area contributed by atoms with E-state index >= 15 is 0 Å². The van der Waals surface area contributed by atoms with Gasteiger partial charge in [-0.05, 0) is 24.6 Å². The average molecular weight is 377 g/mol. The zero-order valence-electron chi connectivity index (χ0n) is 15.9. The van der Waals surface area contributed by atoms with E-state index in [1.807, 2.05) is 42.6 Å². The van der Waals surface area contributed by atoms with E-state index < -0.39 is 0 Å². The third kappa shape index (κ3) is 3.34. The zero-order valence-corrected chi connectivity index (χ0v) is 15.9. The fourth-order valence-electron chi connectivity index (χ4n) is 3.47. The lowest BCUT2D eigenvalue weighted by molar-refractivity contribution is 1.15. The lowest BCUT2D eigenvalue weighted by atomic mass is 10.1. The number of nitrogens with zero attached hydrogens (tertiary/aromatic N) is 3. The Morgan fingerprint density at radius 2 is 1.72 bits per heavy atom. The van der Waals surface area contributed by atoms with Crippen LogP contribution in [-0.4, -0.2) is 21.2 Å². The smallest absolute Gasteiger partial charge is 0.244 e. The number of hydrazone groups is 1. The number of rotatable bonds is 4. The number of aryl methyl sites for hydroxylation is 1. The molecule has 0 aliphatic carbocycles. The van der Waals surface area contributed by atoms with Crippen LogP contribution in [0.25, 0.3) is 33.1 Å². The summed E-state index contributed by atoms with van der Waals surface area (Å²) in [6.45, 7) is 2.06. The fraction of sp³-hybridized carbons (Fsp3) is 0.0417. The van der Waals surface area contributed by atoms with Crippen molar-refractivity contribution < 1.29 is 0 Å². The topological polar surface area (TPSA) is 66.0 Å². The van der Waals surface area contributed by atoms with Gasteiger partial charge in [0.2, 0.25) is 5.95 Å². The molecular weight excluding hydrogens is 358 g/mol. The number of aromatic amines is 1. The molecule has 0 unspecified atom stereocenters. The van der Waals surface area contributed by atoms with Gasteiger partial charge >= 0.3 is 0 Å². The number of aromatic nitrogens is 3. The molecule has 0 saturated heterocycles. The number of para-hydroxylation sites is 1. The number of nitrogens with one attached hydrogen (secondary N) is 2. The molecule has 0 bridgehead atoms. The normalized spacial score (nSPS) is 11.5. The maximum absolute atomic E-state index is 4.74. The van der Waals surface area contributed by atoms with Crippen molar-refractivity contribution in [3.8, 4) is 11.3 Å². The zero-order chi connectivity index (χ0) is 19.6. The van der Waals surface area contributed by atoms with Gasteiger partial charge in [-0.3, -0.25) is 0 Å². The van der Waals surface area contributed by atoms with Gasteiger partial charge in [0, 0.05) is 33.6 Å². The molecule has 0 fully saturated rings. The molecule has 0 spiro atoms. The first-order chi connectivity index (χ1) is 14.3. The first-order valence-electron chi connectivity index (χ1n) is 9.47. The van der Waals surface area contributed by atoms with Crippen molar-refractivity contribution in [2.24, 2.45) is 5.10 Å². The van der Waals surface area contributed by atoms with Crippen molar-refractivity contribution in [1.82, 2.24) is 15.0 Å². The molecule has 0 atom stereocenters. The summed E-state index contributed by atoms with van der Waals surface area (Å²) >= 11 is 0. The molecule has 0 aliphatic rings. The van der Waals surface area contributed by atoms with Crippen LogP contribution in [-0.2, 0) is 0 Å². The summed E-state index contributed by atoms with van der Waals surface area (Å²) in [6, 6.07) is 24.5. The van der Waals surface area contributed by atoms with Crippen LogP contribution < -0.4 is 5.43 Å². The largest absolute Gasteiger partial charge is 0.361 e. The van der Waals surface area contributed by atoms with Gasteiger partial charge in [-0.2, -0.15) is 5.10 Å². The Balaban J connectivity index is 1.53. The summed E-state index contributed by atoms with van der Waals surface area (Å²) in [5.74, 6) is 0.470. The minimum atomic E-state index is 0.470. The summed E-state index contributed by atoms with van der Waals surface area (Å²) in [7, 11) is 0. The molecule has 5 aromatic rings. The summed E-state index contributed by atoms with van der Waals surface area (Å²) in [4.78, 5) is 12.6. The number of hydrogen-bond acceptors (Lipinski definition) is 4. The monoisotopic (exact) mass is 377 g/mol. The molecule has 140 valence electrons. The highest BCUT2D eigenvalue weighted by molar-refractivity contribution is 5.99. The van der Waals surface area contributed by atoms with Gasteiger partial charge in [0.05, 0.1) is 17.4 Å². The van der Waals surface area contributed by atoms with Crippen molar-refractivity contribution in [3.63, 3.8) is 0 Å². The van der Waals surface area contributed by atoms with Gasteiger partial charge in [-0.25, -0.2) is 15.4 Å². The number of benzene rings is 3. The Labute approximate surface area is 168 Å². The summed E-state index contributed by atoms with van der Waals surface area (Å²) in [5.41, 5.74) is 9.08. The Morgan fingerprint density at radius 3 is 2.62 bits per heavy atom. The summed E-state index contributed by atoms with van der Waals surface area (Å²) < 4.78 is 0. The molecule has 5 heteroatoms. The van der Waals surface area contributed by atoms with E-state index in [-0.39, 0.29) is 0 Å². The summed E-state index contributed by atoms with van der Waals surface area (Å²) in [6.07, 6.45) is 3.72. The minimum absolute atomic E-state index is 0.470. The van der Waals surface area contributed by atoms with E-state index in [9.17, 15) is 0 Å². The van der Waals surface area contributed by atoms with E-state index in [0.717, 1.165) is 44.2 Å². The molecule has 2 heterocycles. The van der Waals surface area contributed by atoms with Crippen LogP contribution in [0, 0.1) is 6.92 Å². The molecule has 0 saturated carbocycles. The second-order valence-electron chi connectivity index (χ2n) is 6.94. The van der Waals surface area contributed by atoms with E-state index in [2.05, 4.69) is 63.8 Å². The number of fused-ring (bicyclic) bond motifs is 2. The van der Waals surface area contributed by atoms with E-state index in [1.165, 1.54) is 0 Å². The third-order valence-electron chi connectivity index (χ3n) is 4.89. The Hall–Kier alpha value is -3.99. The third-order valence-corrected chi connectivity index (χ3v) is 4.89. The molecule has 2 N–H and O–H groups in total. The number of H-pyrrole nitrogens is 1. The molecule has 5 nitrogen and oxygen atoms in total. The Kier molecular flexibility index (Phi) is 4.26. The number of hydrogen-bond donors (Lipinski definition) is 2. The SMILES string of the molecule is Cc1ccc2c(-c3ccccc3)nc(NN=Cc3c[nH]c4ccccc34)nc2c1. The second kappa shape index (κ2) is 7.20. The summed E-state index contributed by atoms with van der Waals surface area (Å²) in [5, 5.41) is 6.52. The molecule has 0 radical (unpaired) electrons. The average Bonchev–Trinajstić information content (AvgIpc) is 3.17.